The van der Waals surface area contributed by atoms with Crippen molar-refractivity contribution in [2.75, 3.05) is 31.5 Å². The van der Waals surface area contributed by atoms with Crippen LogP contribution in [-0.2, 0) is 22.4 Å². The largest absolute Gasteiger partial charge is 0.342 e. The van der Waals surface area contributed by atoms with E-state index < -0.39 is 0 Å². The molecule has 4 aliphatic rings. The summed E-state index contributed by atoms with van der Waals surface area (Å²) in [6.07, 6.45) is 8.17. The number of aromatic nitrogens is 3. The molecule has 33 heavy (non-hydrogen) atoms. The molecule has 2 saturated heterocycles. The van der Waals surface area contributed by atoms with Crippen molar-refractivity contribution in [2.45, 2.75) is 70.3 Å². The van der Waals surface area contributed by atoms with E-state index in [1.54, 1.807) is 11.3 Å². The van der Waals surface area contributed by atoms with Crippen molar-refractivity contribution < 1.29 is 9.59 Å². The SMILES string of the molecule is CC(=O)Nc1nc2c(s1)-c1c(c(C3CC3)nn1C1CCN(C(=O)C3CCNCC3)CC1)CC2. The number of nitrogens with zero attached hydrogens (tertiary/aromatic N) is 4. The summed E-state index contributed by atoms with van der Waals surface area (Å²) < 4.78 is 2.28. The number of rotatable bonds is 4. The third kappa shape index (κ3) is 3.99. The van der Waals surface area contributed by atoms with Gasteiger partial charge in [-0.05, 0) is 64.5 Å². The summed E-state index contributed by atoms with van der Waals surface area (Å²) in [7, 11) is 0. The number of hydrogen-bond acceptors (Lipinski definition) is 6. The maximum atomic E-state index is 13.0. The summed E-state index contributed by atoms with van der Waals surface area (Å²) in [5.41, 5.74) is 5.00. The lowest BCUT2D eigenvalue weighted by Crippen LogP contribution is -2.45. The van der Waals surface area contributed by atoms with Gasteiger partial charge >= 0.3 is 0 Å². The van der Waals surface area contributed by atoms with E-state index in [9.17, 15) is 9.59 Å². The molecular formula is C24H32N6O2S. The van der Waals surface area contributed by atoms with Crippen molar-refractivity contribution in [3.63, 3.8) is 0 Å². The maximum absolute atomic E-state index is 13.0. The summed E-state index contributed by atoms with van der Waals surface area (Å²) in [5.74, 6) is 1.06. The minimum absolute atomic E-state index is 0.0840. The summed E-state index contributed by atoms with van der Waals surface area (Å²) >= 11 is 1.58. The van der Waals surface area contributed by atoms with Crippen LogP contribution in [0.4, 0.5) is 5.13 Å². The second-order valence-electron chi connectivity index (χ2n) is 9.99. The van der Waals surface area contributed by atoms with Crippen LogP contribution in [-0.4, -0.2) is 57.7 Å². The van der Waals surface area contributed by atoms with E-state index in [1.807, 2.05) is 0 Å². The van der Waals surface area contributed by atoms with Gasteiger partial charge in [0.05, 0.1) is 28.0 Å². The van der Waals surface area contributed by atoms with E-state index in [0.717, 1.165) is 70.4 Å². The Bertz CT molecular complexity index is 1070. The van der Waals surface area contributed by atoms with E-state index in [4.69, 9.17) is 10.1 Å². The topological polar surface area (TPSA) is 92.2 Å². The smallest absolute Gasteiger partial charge is 0.225 e. The first-order chi connectivity index (χ1) is 16.1. The molecule has 0 unspecified atom stereocenters. The van der Waals surface area contributed by atoms with Gasteiger partial charge in [-0.3, -0.25) is 14.3 Å². The number of carbonyl (C=O) groups excluding carboxylic acids is 2. The molecule has 4 heterocycles. The zero-order valence-electron chi connectivity index (χ0n) is 19.2. The molecule has 9 heteroatoms. The molecule has 2 aromatic rings. The highest BCUT2D eigenvalue weighted by molar-refractivity contribution is 7.19. The van der Waals surface area contributed by atoms with Crippen LogP contribution in [0.3, 0.4) is 0 Å². The van der Waals surface area contributed by atoms with Crippen LogP contribution in [0.2, 0.25) is 0 Å². The van der Waals surface area contributed by atoms with Crippen molar-refractivity contribution in [3.8, 4) is 10.6 Å². The van der Waals surface area contributed by atoms with Gasteiger partial charge in [0.2, 0.25) is 11.8 Å². The molecule has 2 aromatic heterocycles. The fourth-order valence-electron chi connectivity index (χ4n) is 5.73. The van der Waals surface area contributed by atoms with Crippen LogP contribution in [0, 0.1) is 5.92 Å². The van der Waals surface area contributed by atoms with Crippen molar-refractivity contribution in [1.29, 1.82) is 0 Å². The van der Waals surface area contributed by atoms with Crippen LogP contribution in [0.1, 0.15) is 74.4 Å². The normalized spacial score (nSPS) is 21.5. The first-order valence-electron chi connectivity index (χ1n) is 12.5. The summed E-state index contributed by atoms with van der Waals surface area (Å²) in [5, 5.41) is 12.1. The zero-order valence-corrected chi connectivity index (χ0v) is 20.0. The first kappa shape index (κ1) is 21.3. The number of fused-ring (bicyclic) bond motifs is 3. The van der Waals surface area contributed by atoms with Crippen LogP contribution in [0.5, 0.6) is 0 Å². The zero-order chi connectivity index (χ0) is 22.5. The molecule has 8 nitrogen and oxygen atoms in total. The second-order valence-corrected chi connectivity index (χ2v) is 11.0. The van der Waals surface area contributed by atoms with Gasteiger partial charge in [0.15, 0.2) is 5.13 Å². The maximum Gasteiger partial charge on any atom is 0.225 e. The average Bonchev–Trinajstić information content (AvgIpc) is 3.47. The lowest BCUT2D eigenvalue weighted by molar-refractivity contribution is -0.137. The number of nitrogens with one attached hydrogen (secondary N) is 2. The lowest BCUT2D eigenvalue weighted by Gasteiger charge is -2.36. The molecule has 0 spiro atoms. The molecule has 6 rings (SSSR count). The summed E-state index contributed by atoms with van der Waals surface area (Å²) in [6, 6.07) is 0.306. The Morgan fingerprint density at radius 3 is 2.52 bits per heavy atom. The van der Waals surface area contributed by atoms with Gasteiger partial charge in [0, 0.05) is 37.4 Å². The second kappa shape index (κ2) is 8.51. The summed E-state index contributed by atoms with van der Waals surface area (Å²) in [4.78, 5) is 32.6. The minimum Gasteiger partial charge on any atom is -0.342 e. The fourth-order valence-corrected chi connectivity index (χ4v) is 6.86. The van der Waals surface area contributed by atoms with Gasteiger partial charge in [-0.25, -0.2) is 4.98 Å². The van der Waals surface area contributed by atoms with Gasteiger partial charge in [-0.15, -0.1) is 0 Å². The Hall–Kier alpha value is -2.26. The average molecular weight is 469 g/mol. The molecule has 0 atom stereocenters. The van der Waals surface area contributed by atoms with Crippen molar-refractivity contribution >= 4 is 28.3 Å². The molecule has 2 amide bonds. The molecule has 0 radical (unpaired) electrons. The van der Waals surface area contributed by atoms with E-state index in [2.05, 4.69) is 20.2 Å². The highest BCUT2D eigenvalue weighted by atomic mass is 32.1. The van der Waals surface area contributed by atoms with Gasteiger partial charge in [0.1, 0.15) is 0 Å². The predicted molar refractivity (Wildman–Crippen MR) is 127 cm³/mol. The van der Waals surface area contributed by atoms with Crippen LogP contribution >= 0.6 is 11.3 Å². The number of carbonyl (C=O) groups is 2. The lowest BCUT2D eigenvalue weighted by atomic mass is 9.94. The molecular weight excluding hydrogens is 436 g/mol. The number of anilines is 1. The molecule has 2 N–H and O–H groups in total. The van der Waals surface area contributed by atoms with Crippen LogP contribution < -0.4 is 10.6 Å². The summed E-state index contributed by atoms with van der Waals surface area (Å²) in [6.45, 7) is 5.06. The van der Waals surface area contributed by atoms with E-state index >= 15 is 0 Å². The van der Waals surface area contributed by atoms with E-state index in [0.29, 0.717) is 23.0 Å². The predicted octanol–water partition coefficient (Wildman–Crippen LogP) is 3.10. The number of likely N-dealkylation sites (tertiary alicyclic amines) is 1. The molecule has 2 aliphatic heterocycles. The monoisotopic (exact) mass is 468 g/mol. The third-order valence-electron chi connectivity index (χ3n) is 7.62. The molecule has 0 aromatic carbocycles. The highest BCUT2D eigenvalue weighted by Crippen LogP contribution is 2.48. The van der Waals surface area contributed by atoms with Gasteiger partial charge in [0.25, 0.3) is 0 Å². The van der Waals surface area contributed by atoms with Gasteiger partial charge in [-0.2, -0.15) is 5.10 Å². The fraction of sp³-hybridized carbons (Fsp3) is 0.667. The molecule has 1 saturated carbocycles. The molecule has 3 fully saturated rings. The van der Waals surface area contributed by atoms with Crippen molar-refractivity contribution in [1.82, 2.24) is 25.0 Å². The standard InChI is InChI=1S/C24H32N6O2S/c1-14(31)26-24-27-19-5-4-18-20(15-2-3-15)28-30(21(18)22(19)33-24)17-8-12-29(13-9-17)23(32)16-6-10-25-11-7-16/h15-17,25H,2-13H2,1H3,(H,26,27,31). The number of hydrogen-bond donors (Lipinski definition) is 2. The van der Waals surface area contributed by atoms with E-state index in [-0.39, 0.29) is 11.8 Å². The Balaban J connectivity index is 1.26. The number of thiazole rings is 1. The number of piperidine rings is 2. The quantitative estimate of drug-likeness (QED) is 0.719. The Labute approximate surface area is 198 Å². The Morgan fingerprint density at radius 1 is 1.06 bits per heavy atom. The Morgan fingerprint density at radius 2 is 1.82 bits per heavy atom. The minimum atomic E-state index is -0.0840. The van der Waals surface area contributed by atoms with E-state index in [1.165, 1.54) is 41.6 Å². The van der Waals surface area contributed by atoms with Gasteiger partial charge < -0.3 is 15.5 Å². The third-order valence-corrected chi connectivity index (χ3v) is 8.64. The highest BCUT2D eigenvalue weighted by Gasteiger charge is 2.38. The van der Waals surface area contributed by atoms with Crippen molar-refractivity contribution in [2.24, 2.45) is 5.92 Å². The molecule has 2 aliphatic carbocycles. The van der Waals surface area contributed by atoms with Crippen LogP contribution in [0.25, 0.3) is 10.6 Å². The molecule has 176 valence electrons. The van der Waals surface area contributed by atoms with Crippen LogP contribution in [0.15, 0.2) is 0 Å². The first-order valence-corrected chi connectivity index (χ1v) is 13.3. The number of amides is 2. The molecule has 0 bridgehead atoms. The van der Waals surface area contributed by atoms with Crippen molar-refractivity contribution in [3.05, 3.63) is 17.0 Å². The van der Waals surface area contributed by atoms with Gasteiger partial charge in [-0.1, -0.05) is 11.3 Å². The number of aryl methyl sites for hydroxylation is 1. The Kier molecular flexibility index (Phi) is 5.49.